The van der Waals surface area contributed by atoms with Gasteiger partial charge in [0, 0.05) is 18.5 Å². The maximum atomic E-state index is 12.0. The van der Waals surface area contributed by atoms with Crippen molar-refractivity contribution >= 4 is 39.3 Å². The fraction of sp³-hybridized carbons (Fsp3) is 0.455. The molecule has 1 N–H and O–H groups in total. The quantitative estimate of drug-likeness (QED) is 0.924. The van der Waals surface area contributed by atoms with E-state index in [9.17, 15) is 9.59 Å². The van der Waals surface area contributed by atoms with Crippen LogP contribution in [0.5, 0.6) is 0 Å². The number of carbonyl (C=O) groups is 2. The zero-order chi connectivity index (χ0) is 13.4. The van der Waals surface area contributed by atoms with E-state index >= 15 is 0 Å². The number of rotatable bonds is 3. The summed E-state index contributed by atoms with van der Waals surface area (Å²) in [6, 6.07) is 2.78. The van der Waals surface area contributed by atoms with Gasteiger partial charge in [0.05, 0.1) is 9.83 Å². The van der Waals surface area contributed by atoms with E-state index in [2.05, 4.69) is 15.9 Å². The first-order valence-electron chi connectivity index (χ1n) is 5.43. The Labute approximate surface area is 117 Å². The second kappa shape index (κ2) is 4.89. The molecule has 0 aromatic carbocycles. The van der Waals surface area contributed by atoms with Crippen LogP contribution in [0.3, 0.4) is 0 Å². The van der Waals surface area contributed by atoms with Crippen molar-refractivity contribution in [2.24, 2.45) is 0 Å². The molecule has 0 bridgehead atoms. The summed E-state index contributed by atoms with van der Waals surface area (Å²) >= 11 is 4.95. The van der Waals surface area contributed by atoms with E-state index in [0.29, 0.717) is 6.54 Å². The van der Waals surface area contributed by atoms with E-state index in [-0.39, 0.29) is 12.1 Å². The number of carbonyl (C=O) groups excluding carboxylic acids is 1. The molecule has 1 aromatic rings. The van der Waals surface area contributed by atoms with Crippen LogP contribution in [-0.4, -0.2) is 46.5 Å². The fourth-order valence-electron chi connectivity index (χ4n) is 1.97. The minimum absolute atomic E-state index is 0.0735. The van der Waals surface area contributed by atoms with E-state index in [1.165, 1.54) is 11.8 Å². The number of aliphatic carboxylic acids is 1. The molecule has 7 heteroatoms. The summed E-state index contributed by atoms with van der Waals surface area (Å²) in [6.45, 7) is 1.94. The molecule has 18 heavy (non-hydrogen) atoms. The van der Waals surface area contributed by atoms with Crippen LogP contribution in [0.15, 0.2) is 15.9 Å². The second-order valence-corrected chi connectivity index (χ2v) is 6.71. The second-order valence-electron chi connectivity index (χ2n) is 4.22. The molecule has 0 saturated carbocycles. The molecule has 5 nitrogen and oxygen atoms in total. The van der Waals surface area contributed by atoms with Gasteiger partial charge in [-0.15, -0.1) is 11.3 Å². The molecule has 2 rings (SSSR count). The van der Waals surface area contributed by atoms with Crippen LogP contribution < -0.4 is 0 Å². The monoisotopic (exact) mass is 332 g/mol. The normalized spacial score (nSPS) is 21.5. The number of amides is 2. The standard InChI is InChI=1S/C11H13BrN2O3S/c1-6(10(15)16)14-5-7(13(2)11(14)17)8-3-4-9(12)18-8/h3-4,6-7H,5H2,1-2H3,(H,15,16). The average molecular weight is 333 g/mol. The number of urea groups is 1. The third-order valence-corrected chi connectivity index (χ3v) is 4.86. The maximum Gasteiger partial charge on any atom is 0.326 e. The lowest BCUT2D eigenvalue weighted by atomic mass is 10.2. The van der Waals surface area contributed by atoms with Gasteiger partial charge in [-0.3, -0.25) is 0 Å². The van der Waals surface area contributed by atoms with Crippen molar-refractivity contribution in [3.63, 3.8) is 0 Å². The number of hydrogen-bond donors (Lipinski definition) is 1. The Hall–Kier alpha value is -1.08. The van der Waals surface area contributed by atoms with Crippen LogP contribution in [0.1, 0.15) is 17.8 Å². The third kappa shape index (κ3) is 2.24. The van der Waals surface area contributed by atoms with E-state index in [1.54, 1.807) is 23.3 Å². The lowest BCUT2D eigenvalue weighted by molar-refractivity contribution is -0.141. The molecule has 98 valence electrons. The van der Waals surface area contributed by atoms with Crippen molar-refractivity contribution in [2.75, 3.05) is 13.6 Å². The molecular weight excluding hydrogens is 320 g/mol. The Morgan fingerprint density at radius 3 is 2.78 bits per heavy atom. The van der Waals surface area contributed by atoms with Gasteiger partial charge in [0.25, 0.3) is 0 Å². The molecule has 2 unspecified atom stereocenters. The predicted molar refractivity (Wildman–Crippen MR) is 71.7 cm³/mol. The number of likely N-dealkylation sites (N-methyl/N-ethyl adjacent to an activating group) is 1. The molecule has 2 heterocycles. The Morgan fingerprint density at radius 2 is 2.28 bits per heavy atom. The van der Waals surface area contributed by atoms with Gasteiger partial charge < -0.3 is 14.9 Å². The maximum absolute atomic E-state index is 12.0. The Kier molecular flexibility index (Phi) is 3.63. The van der Waals surface area contributed by atoms with Crippen molar-refractivity contribution in [3.8, 4) is 0 Å². The van der Waals surface area contributed by atoms with E-state index in [1.807, 2.05) is 12.1 Å². The van der Waals surface area contributed by atoms with Gasteiger partial charge in [-0.05, 0) is 35.0 Å². The molecule has 2 amide bonds. The molecule has 0 radical (unpaired) electrons. The van der Waals surface area contributed by atoms with Crippen molar-refractivity contribution < 1.29 is 14.7 Å². The summed E-state index contributed by atoms with van der Waals surface area (Å²) in [4.78, 5) is 27.0. The van der Waals surface area contributed by atoms with E-state index in [0.717, 1.165) is 8.66 Å². The van der Waals surface area contributed by atoms with Crippen LogP contribution in [0, 0.1) is 0 Å². The van der Waals surface area contributed by atoms with Crippen molar-refractivity contribution in [1.29, 1.82) is 0 Å². The van der Waals surface area contributed by atoms with Gasteiger partial charge in [0.1, 0.15) is 6.04 Å². The van der Waals surface area contributed by atoms with Crippen LogP contribution in [0.25, 0.3) is 0 Å². The van der Waals surface area contributed by atoms with Crippen molar-refractivity contribution in [2.45, 2.75) is 19.0 Å². The van der Waals surface area contributed by atoms with Crippen LogP contribution in [0.4, 0.5) is 4.79 Å². The SMILES string of the molecule is CC(C(=O)O)N1CC(c2ccc(Br)s2)N(C)C1=O. The van der Waals surface area contributed by atoms with Gasteiger partial charge in [0.2, 0.25) is 0 Å². The first-order chi connectivity index (χ1) is 8.41. The van der Waals surface area contributed by atoms with Crippen LogP contribution in [0.2, 0.25) is 0 Å². The number of thiophene rings is 1. The highest BCUT2D eigenvalue weighted by atomic mass is 79.9. The van der Waals surface area contributed by atoms with Crippen LogP contribution >= 0.6 is 27.3 Å². The number of halogens is 1. The van der Waals surface area contributed by atoms with Crippen LogP contribution in [-0.2, 0) is 4.79 Å². The van der Waals surface area contributed by atoms with E-state index in [4.69, 9.17) is 5.11 Å². The minimum atomic E-state index is -0.982. The fourth-order valence-corrected chi connectivity index (χ4v) is 3.53. The molecule has 2 atom stereocenters. The molecule has 0 spiro atoms. The number of nitrogens with zero attached hydrogens (tertiary/aromatic N) is 2. The smallest absolute Gasteiger partial charge is 0.326 e. The summed E-state index contributed by atoms with van der Waals surface area (Å²) in [5.74, 6) is -0.982. The zero-order valence-electron chi connectivity index (χ0n) is 9.96. The lowest BCUT2D eigenvalue weighted by Crippen LogP contribution is -2.41. The van der Waals surface area contributed by atoms with Gasteiger partial charge in [0.15, 0.2) is 0 Å². The molecule has 1 saturated heterocycles. The zero-order valence-corrected chi connectivity index (χ0v) is 12.4. The molecule has 1 aliphatic heterocycles. The largest absolute Gasteiger partial charge is 0.480 e. The van der Waals surface area contributed by atoms with Gasteiger partial charge in [-0.25, -0.2) is 9.59 Å². The summed E-state index contributed by atoms with van der Waals surface area (Å²) in [7, 11) is 1.70. The van der Waals surface area contributed by atoms with E-state index < -0.39 is 12.0 Å². The summed E-state index contributed by atoms with van der Waals surface area (Å²) in [5.41, 5.74) is 0. The topological polar surface area (TPSA) is 60.9 Å². The highest BCUT2D eigenvalue weighted by molar-refractivity contribution is 9.11. The highest BCUT2D eigenvalue weighted by Crippen LogP contribution is 2.35. The van der Waals surface area contributed by atoms with Gasteiger partial charge >= 0.3 is 12.0 Å². The Bertz CT molecular complexity index is 490. The minimum Gasteiger partial charge on any atom is -0.480 e. The Balaban J connectivity index is 2.22. The molecule has 0 aliphatic carbocycles. The lowest BCUT2D eigenvalue weighted by Gasteiger charge is -2.19. The number of carboxylic acid groups (broad SMARTS) is 1. The molecule has 1 fully saturated rings. The molecule has 1 aromatic heterocycles. The average Bonchev–Trinajstić information content (AvgIpc) is 2.85. The summed E-state index contributed by atoms with van der Waals surface area (Å²) in [6.07, 6.45) is 0. The first-order valence-corrected chi connectivity index (χ1v) is 7.04. The predicted octanol–water partition coefficient (Wildman–Crippen LogP) is 2.39. The number of hydrogen-bond acceptors (Lipinski definition) is 3. The van der Waals surface area contributed by atoms with Gasteiger partial charge in [-0.2, -0.15) is 0 Å². The summed E-state index contributed by atoms with van der Waals surface area (Å²) < 4.78 is 1.00. The first kappa shape index (κ1) is 13.4. The summed E-state index contributed by atoms with van der Waals surface area (Å²) in [5, 5.41) is 8.99. The molecule has 1 aliphatic rings. The molecular formula is C11H13BrN2O3S. The third-order valence-electron chi connectivity index (χ3n) is 3.13. The van der Waals surface area contributed by atoms with Crippen molar-refractivity contribution in [3.05, 3.63) is 20.8 Å². The van der Waals surface area contributed by atoms with Crippen molar-refractivity contribution in [1.82, 2.24) is 9.80 Å². The highest BCUT2D eigenvalue weighted by Gasteiger charge is 2.40. The Morgan fingerprint density at radius 1 is 1.61 bits per heavy atom. The van der Waals surface area contributed by atoms with Gasteiger partial charge in [-0.1, -0.05) is 0 Å². The number of carboxylic acids is 1.